The molecule has 0 unspecified atom stereocenters. The average Bonchev–Trinajstić information content (AvgIpc) is 3.16. The fourth-order valence-corrected chi connectivity index (χ4v) is 6.36. The van der Waals surface area contributed by atoms with Crippen LogP contribution in [0.25, 0.3) is 0 Å². The van der Waals surface area contributed by atoms with E-state index in [0.29, 0.717) is 12.0 Å². The number of hydrogen-bond donors (Lipinski definition) is 1. The van der Waals surface area contributed by atoms with Gasteiger partial charge in [0.1, 0.15) is 16.8 Å². The Labute approximate surface area is 240 Å². The molecule has 0 spiro atoms. The maximum atomic E-state index is 13.8. The number of rotatable bonds is 12. The molecule has 3 aromatic rings. The molecule has 1 N–H and O–H groups in total. The van der Waals surface area contributed by atoms with Crippen LogP contribution in [-0.2, 0) is 32.6 Å². The van der Waals surface area contributed by atoms with Crippen molar-refractivity contribution in [1.29, 1.82) is 0 Å². The van der Waals surface area contributed by atoms with Gasteiger partial charge in [0.2, 0.25) is 11.8 Å². The van der Waals surface area contributed by atoms with Crippen LogP contribution in [0.2, 0.25) is 0 Å². The predicted octanol–water partition coefficient (Wildman–Crippen LogP) is 4.31. The van der Waals surface area contributed by atoms with Crippen molar-refractivity contribution in [2.24, 2.45) is 0 Å². The van der Waals surface area contributed by atoms with Crippen LogP contribution < -0.4 is 5.32 Å². The molecule has 0 aromatic heterocycles. The third-order valence-electron chi connectivity index (χ3n) is 7.20. The minimum Gasteiger partial charge on any atom is -0.352 e. The first kappa shape index (κ1) is 29.9. The average molecular weight is 580 g/mol. The van der Waals surface area contributed by atoms with Crippen LogP contribution in [0.15, 0.2) is 83.8 Å². The lowest BCUT2D eigenvalue weighted by molar-refractivity contribution is -0.141. The van der Waals surface area contributed by atoms with Gasteiger partial charge in [0.15, 0.2) is 0 Å². The second-order valence-electron chi connectivity index (χ2n) is 10.2. The highest BCUT2D eigenvalue weighted by Crippen LogP contribution is 2.30. The van der Waals surface area contributed by atoms with E-state index in [1.54, 1.807) is 24.3 Å². The third kappa shape index (κ3) is 7.00. The summed E-state index contributed by atoms with van der Waals surface area (Å²) in [6.45, 7) is 3.71. The van der Waals surface area contributed by atoms with Crippen molar-refractivity contribution in [3.63, 3.8) is 0 Å². The molecule has 216 valence electrons. The van der Waals surface area contributed by atoms with Crippen molar-refractivity contribution in [3.05, 3.63) is 101 Å². The maximum absolute atomic E-state index is 13.8. The second-order valence-corrected chi connectivity index (χ2v) is 12.0. The van der Waals surface area contributed by atoms with Gasteiger partial charge >= 0.3 is 0 Å². The molecular formula is C31H34FN3O5S. The first-order chi connectivity index (χ1) is 19.6. The molecule has 0 saturated carbocycles. The number of carbonyl (C=O) groups is 3. The Bertz CT molecular complexity index is 1500. The predicted molar refractivity (Wildman–Crippen MR) is 153 cm³/mol. The number of halogens is 1. The zero-order valence-corrected chi connectivity index (χ0v) is 23.9. The van der Waals surface area contributed by atoms with E-state index >= 15 is 0 Å². The first-order valence-electron chi connectivity index (χ1n) is 13.7. The van der Waals surface area contributed by atoms with Crippen LogP contribution in [-0.4, -0.2) is 54.0 Å². The summed E-state index contributed by atoms with van der Waals surface area (Å²) in [4.78, 5) is 41.5. The van der Waals surface area contributed by atoms with E-state index in [2.05, 4.69) is 5.32 Å². The largest absolute Gasteiger partial charge is 0.352 e. The van der Waals surface area contributed by atoms with Gasteiger partial charge in [-0.1, -0.05) is 61.5 Å². The minimum absolute atomic E-state index is 0.0427. The molecule has 0 aliphatic carbocycles. The van der Waals surface area contributed by atoms with E-state index in [-0.39, 0.29) is 60.7 Å². The number of fused-ring (bicyclic) bond motifs is 1. The van der Waals surface area contributed by atoms with Gasteiger partial charge in [-0.15, -0.1) is 0 Å². The van der Waals surface area contributed by atoms with Gasteiger partial charge in [-0.25, -0.2) is 17.1 Å². The summed E-state index contributed by atoms with van der Waals surface area (Å²) in [7, 11) is -3.99. The highest BCUT2D eigenvalue weighted by molar-refractivity contribution is 7.90. The molecule has 1 aliphatic rings. The first-order valence-corrected chi connectivity index (χ1v) is 15.1. The van der Waals surface area contributed by atoms with Crippen molar-refractivity contribution in [2.75, 3.05) is 6.54 Å². The molecular weight excluding hydrogens is 545 g/mol. The summed E-state index contributed by atoms with van der Waals surface area (Å²) in [5, 5.41) is 2.98. The fourth-order valence-electron chi connectivity index (χ4n) is 4.75. The molecule has 0 saturated heterocycles. The van der Waals surface area contributed by atoms with Gasteiger partial charge in [0, 0.05) is 32.0 Å². The lowest BCUT2D eigenvalue weighted by Gasteiger charge is -2.32. The molecule has 1 aliphatic heterocycles. The SMILES string of the molecule is CC[C@@H](C)NC(=O)[C@@H](Cc1ccccc1)N(Cc1ccc(F)cc1)C(=O)CCCN1C(=O)c2ccccc2S1(=O)=O. The number of sulfonamides is 1. The monoisotopic (exact) mass is 579 g/mol. The molecule has 0 fully saturated rings. The Morgan fingerprint density at radius 3 is 2.27 bits per heavy atom. The summed E-state index contributed by atoms with van der Waals surface area (Å²) in [6.07, 6.45) is 0.933. The molecule has 1 heterocycles. The van der Waals surface area contributed by atoms with Crippen LogP contribution in [0.4, 0.5) is 4.39 Å². The smallest absolute Gasteiger partial charge is 0.269 e. The summed E-state index contributed by atoms with van der Waals surface area (Å²) in [5.41, 5.74) is 1.61. The normalized spacial score (nSPS) is 15.2. The molecule has 3 aromatic carbocycles. The van der Waals surface area contributed by atoms with E-state index in [1.165, 1.54) is 29.2 Å². The highest BCUT2D eigenvalue weighted by atomic mass is 32.2. The van der Waals surface area contributed by atoms with Crippen LogP contribution in [0.3, 0.4) is 0 Å². The maximum Gasteiger partial charge on any atom is 0.269 e. The van der Waals surface area contributed by atoms with Crippen molar-refractivity contribution < 1.29 is 27.2 Å². The molecule has 3 amide bonds. The Kier molecular flexibility index (Phi) is 9.54. The van der Waals surface area contributed by atoms with Gasteiger partial charge in [0.05, 0.1) is 5.56 Å². The van der Waals surface area contributed by atoms with Gasteiger partial charge in [-0.2, -0.15) is 0 Å². The molecule has 2 atom stereocenters. The van der Waals surface area contributed by atoms with E-state index in [0.717, 1.165) is 9.87 Å². The lowest BCUT2D eigenvalue weighted by atomic mass is 10.0. The molecule has 10 heteroatoms. The summed E-state index contributed by atoms with van der Waals surface area (Å²) >= 11 is 0. The number of hydrogen-bond acceptors (Lipinski definition) is 5. The van der Waals surface area contributed by atoms with E-state index in [1.807, 2.05) is 44.2 Å². The Balaban J connectivity index is 1.57. The van der Waals surface area contributed by atoms with E-state index in [4.69, 9.17) is 0 Å². The van der Waals surface area contributed by atoms with Crippen molar-refractivity contribution in [1.82, 2.24) is 14.5 Å². The highest BCUT2D eigenvalue weighted by Gasteiger charge is 2.40. The number of benzene rings is 3. The van der Waals surface area contributed by atoms with Gasteiger partial charge < -0.3 is 10.2 Å². The second kappa shape index (κ2) is 13.1. The molecule has 0 radical (unpaired) electrons. The number of nitrogens with one attached hydrogen (secondary N) is 1. The summed E-state index contributed by atoms with van der Waals surface area (Å²) < 4.78 is 40.3. The summed E-state index contributed by atoms with van der Waals surface area (Å²) in [6, 6.07) is 20.1. The van der Waals surface area contributed by atoms with Crippen LogP contribution >= 0.6 is 0 Å². The van der Waals surface area contributed by atoms with Crippen molar-refractivity contribution >= 4 is 27.7 Å². The lowest BCUT2D eigenvalue weighted by Crippen LogP contribution is -2.52. The zero-order valence-electron chi connectivity index (χ0n) is 23.1. The molecule has 0 bridgehead atoms. The number of carbonyl (C=O) groups excluding carboxylic acids is 3. The Hall–Kier alpha value is -4.05. The van der Waals surface area contributed by atoms with Crippen molar-refractivity contribution in [2.45, 2.75) is 63.1 Å². The van der Waals surface area contributed by atoms with Gasteiger partial charge in [-0.05, 0) is 55.2 Å². The zero-order chi connectivity index (χ0) is 29.6. The Morgan fingerprint density at radius 2 is 1.61 bits per heavy atom. The third-order valence-corrected chi connectivity index (χ3v) is 9.04. The van der Waals surface area contributed by atoms with Crippen molar-refractivity contribution in [3.8, 4) is 0 Å². The minimum atomic E-state index is -3.99. The van der Waals surface area contributed by atoms with Gasteiger partial charge in [-0.3, -0.25) is 14.4 Å². The molecule has 4 rings (SSSR count). The van der Waals surface area contributed by atoms with E-state index in [9.17, 15) is 27.2 Å². The topological polar surface area (TPSA) is 104 Å². The Morgan fingerprint density at radius 1 is 0.951 bits per heavy atom. The van der Waals surface area contributed by atoms with Crippen LogP contribution in [0, 0.1) is 5.82 Å². The number of amides is 3. The number of nitrogens with zero attached hydrogens (tertiary/aromatic N) is 2. The van der Waals surface area contributed by atoms with E-state index < -0.39 is 27.8 Å². The van der Waals surface area contributed by atoms with Gasteiger partial charge in [0.25, 0.3) is 15.9 Å². The molecule has 8 nitrogen and oxygen atoms in total. The standard InChI is InChI=1S/C31H34FN3O5S/c1-3-22(2)33-30(37)27(20-23-10-5-4-6-11-23)34(21-24-15-17-25(32)18-16-24)29(36)14-9-19-35-31(38)26-12-7-8-13-28(26)41(35,39)40/h4-8,10-13,15-18,22,27H,3,9,14,19-21H2,1-2H3,(H,33,37)/t22-,27-/m1/s1. The van der Waals surface area contributed by atoms with Crippen LogP contribution in [0.1, 0.15) is 54.6 Å². The quantitative estimate of drug-likeness (QED) is 0.345. The van der Waals surface area contributed by atoms with Crippen LogP contribution in [0.5, 0.6) is 0 Å². The summed E-state index contributed by atoms with van der Waals surface area (Å²) in [5.74, 6) is -1.73. The fraction of sp³-hybridized carbons (Fsp3) is 0.323. The molecule has 41 heavy (non-hydrogen) atoms.